The van der Waals surface area contributed by atoms with Gasteiger partial charge in [-0.05, 0) is 70.6 Å². The van der Waals surface area contributed by atoms with Gasteiger partial charge in [-0.2, -0.15) is 0 Å². The summed E-state index contributed by atoms with van der Waals surface area (Å²) in [5, 5.41) is 13.8. The molecule has 0 radical (unpaired) electrons. The number of nitrogens with one attached hydrogen (secondary N) is 1. The Morgan fingerprint density at radius 1 is 0.547 bits per heavy atom. The van der Waals surface area contributed by atoms with Crippen LogP contribution in [0.2, 0.25) is 0 Å². The second-order valence-electron chi connectivity index (χ2n) is 18.2. The zero-order chi connectivity index (χ0) is 47.1. The Balaban J connectivity index is 4.47. The molecule has 0 heterocycles. The quantitative estimate of drug-likeness (QED) is 0.0243. The molecule has 3 N–H and O–H groups in total. The van der Waals surface area contributed by atoms with Gasteiger partial charge in [0.05, 0.1) is 39.9 Å². The van der Waals surface area contributed by atoms with Crippen LogP contribution < -0.4 is 5.32 Å². The Kier molecular flexibility index (Phi) is 43.7. The van der Waals surface area contributed by atoms with Gasteiger partial charge in [-0.25, -0.2) is 4.57 Å². The van der Waals surface area contributed by atoms with Crippen LogP contribution in [0.15, 0.2) is 97.2 Å². The van der Waals surface area contributed by atoms with Crippen molar-refractivity contribution >= 4 is 13.7 Å². The Hall–Kier alpha value is -2.58. The van der Waals surface area contributed by atoms with Gasteiger partial charge < -0.3 is 19.8 Å². The van der Waals surface area contributed by atoms with Crippen LogP contribution in [0.4, 0.5) is 0 Å². The predicted octanol–water partition coefficient (Wildman–Crippen LogP) is 15.1. The summed E-state index contributed by atoms with van der Waals surface area (Å²) < 4.78 is 23.6. The maximum atomic E-state index is 12.9. The Morgan fingerprint density at radius 2 is 0.938 bits per heavy atom. The minimum absolute atomic E-state index is 0.0454. The molecule has 64 heavy (non-hydrogen) atoms. The lowest BCUT2D eigenvalue weighted by atomic mass is 10.0. The summed E-state index contributed by atoms with van der Waals surface area (Å²) in [5.41, 5.74) is 0. The maximum absolute atomic E-state index is 12.9. The number of hydrogen-bond acceptors (Lipinski definition) is 5. The third kappa shape index (κ3) is 47.4. The van der Waals surface area contributed by atoms with Gasteiger partial charge in [0.15, 0.2) is 0 Å². The number of likely N-dealkylation sites (N-methyl/N-ethyl adjacent to an activating group) is 1. The van der Waals surface area contributed by atoms with E-state index in [0.29, 0.717) is 17.4 Å². The monoisotopic (exact) mass is 914 g/mol. The molecule has 0 fully saturated rings. The van der Waals surface area contributed by atoms with Crippen molar-refractivity contribution in [3.05, 3.63) is 97.2 Å². The lowest BCUT2D eigenvalue weighted by Crippen LogP contribution is -2.45. The summed E-state index contributed by atoms with van der Waals surface area (Å²) in [6.07, 6.45) is 64.9. The van der Waals surface area contributed by atoms with E-state index in [1.807, 2.05) is 27.2 Å². The molecule has 368 valence electrons. The predicted molar refractivity (Wildman–Crippen MR) is 276 cm³/mol. The number of carbonyl (C=O) groups excluding carboxylic acids is 1. The first kappa shape index (κ1) is 61.4. The van der Waals surface area contributed by atoms with Crippen molar-refractivity contribution in [3.8, 4) is 0 Å². The zero-order valence-corrected chi connectivity index (χ0v) is 42.6. The average Bonchev–Trinajstić information content (AvgIpc) is 3.25. The first-order valence-corrected chi connectivity index (χ1v) is 27.1. The van der Waals surface area contributed by atoms with Gasteiger partial charge in [0.2, 0.25) is 5.91 Å². The molecule has 9 heteroatoms. The smallest absolute Gasteiger partial charge is 0.387 e. The van der Waals surface area contributed by atoms with Crippen molar-refractivity contribution in [2.45, 2.75) is 206 Å². The highest BCUT2D eigenvalue weighted by molar-refractivity contribution is 7.47. The number of rotatable bonds is 45. The van der Waals surface area contributed by atoms with Gasteiger partial charge in [0.1, 0.15) is 13.2 Å². The van der Waals surface area contributed by atoms with Crippen LogP contribution in [-0.4, -0.2) is 73.4 Å². The highest BCUT2D eigenvalue weighted by Gasteiger charge is 2.27. The molecule has 0 rings (SSSR count). The van der Waals surface area contributed by atoms with Crippen molar-refractivity contribution in [1.29, 1.82) is 0 Å². The Labute approximate surface area is 394 Å². The number of carbonyl (C=O) groups is 1. The molecule has 3 atom stereocenters. The summed E-state index contributed by atoms with van der Waals surface area (Å²) in [5.74, 6) is -0.238. The number of nitrogens with zero attached hydrogens (tertiary/aromatic N) is 1. The number of quaternary nitrogens is 1. The van der Waals surface area contributed by atoms with E-state index in [1.54, 1.807) is 6.08 Å². The fourth-order valence-electron chi connectivity index (χ4n) is 6.79. The number of amides is 1. The molecule has 0 aliphatic carbocycles. The molecule has 0 aromatic heterocycles. The summed E-state index contributed by atoms with van der Waals surface area (Å²) in [6, 6.07) is -0.884. The molecular weight excluding hydrogens is 816 g/mol. The number of phosphoric acid groups is 1. The molecule has 0 aromatic rings. The zero-order valence-electron chi connectivity index (χ0n) is 41.7. The number of allylic oxidation sites excluding steroid dienone is 15. The minimum atomic E-state index is -4.37. The average molecular weight is 914 g/mol. The fraction of sp³-hybridized carbons (Fsp3) is 0.691. The van der Waals surface area contributed by atoms with Crippen LogP contribution in [0.25, 0.3) is 0 Å². The van der Waals surface area contributed by atoms with Crippen LogP contribution in [0.1, 0.15) is 194 Å². The summed E-state index contributed by atoms with van der Waals surface area (Å²) in [6.45, 7) is 4.65. The molecule has 0 bridgehead atoms. The van der Waals surface area contributed by atoms with Crippen LogP contribution in [0.5, 0.6) is 0 Å². The summed E-state index contributed by atoms with van der Waals surface area (Å²) in [7, 11) is 1.52. The lowest BCUT2D eigenvalue weighted by molar-refractivity contribution is -0.870. The molecule has 0 aliphatic heterocycles. The number of aliphatic hydroxyl groups excluding tert-OH is 1. The Bertz CT molecular complexity index is 1360. The maximum Gasteiger partial charge on any atom is 0.472 e. The van der Waals surface area contributed by atoms with E-state index in [4.69, 9.17) is 9.05 Å². The van der Waals surface area contributed by atoms with E-state index in [-0.39, 0.29) is 25.5 Å². The van der Waals surface area contributed by atoms with Crippen molar-refractivity contribution in [3.63, 3.8) is 0 Å². The SMILES string of the molecule is CC/C=C\C/C=C\C/C=C\C/C=C\C/C=C\C/C=C\C/C=C\CCCC(=O)NC(COP(=O)(O)OCC[N+](C)(C)C)C(O)/C=C/CCCCCCCCCCCCCCCCCCC. The summed E-state index contributed by atoms with van der Waals surface area (Å²) >= 11 is 0. The van der Waals surface area contributed by atoms with Gasteiger partial charge >= 0.3 is 7.82 Å². The van der Waals surface area contributed by atoms with E-state index in [9.17, 15) is 19.4 Å². The summed E-state index contributed by atoms with van der Waals surface area (Å²) in [4.78, 5) is 23.2. The van der Waals surface area contributed by atoms with Crippen molar-refractivity contribution < 1.29 is 32.9 Å². The van der Waals surface area contributed by atoms with E-state index in [0.717, 1.165) is 70.6 Å². The molecule has 1 amide bonds. The molecule has 0 saturated heterocycles. The molecule has 0 saturated carbocycles. The van der Waals surface area contributed by atoms with Crippen LogP contribution in [-0.2, 0) is 18.4 Å². The topological polar surface area (TPSA) is 105 Å². The molecule has 8 nitrogen and oxygen atoms in total. The van der Waals surface area contributed by atoms with Crippen molar-refractivity contribution in [2.75, 3.05) is 40.9 Å². The first-order valence-electron chi connectivity index (χ1n) is 25.6. The van der Waals surface area contributed by atoms with Crippen molar-refractivity contribution in [2.24, 2.45) is 0 Å². The number of hydrogen-bond donors (Lipinski definition) is 3. The van der Waals surface area contributed by atoms with Crippen LogP contribution in [0.3, 0.4) is 0 Å². The second kappa shape index (κ2) is 45.6. The minimum Gasteiger partial charge on any atom is -0.387 e. The van der Waals surface area contributed by atoms with Crippen LogP contribution >= 0.6 is 7.82 Å². The molecule has 0 aliphatic rings. The fourth-order valence-corrected chi connectivity index (χ4v) is 7.53. The Morgan fingerprint density at radius 3 is 1.36 bits per heavy atom. The number of phosphoric ester groups is 1. The van der Waals surface area contributed by atoms with E-state index in [2.05, 4.69) is 104 Å². The van der Waals surface area contributed by atoms with Crippen LogP contribution in [0, 0.1) is 0 Å². The van der Waals surface area contributed by atoms with E-state index < -0.39 is 20.0 Å². The number of unbranched alkanes of at least 4 members (excludes halogenated alkanes) is 18. The lowest BCUT2D eigenvalue weighted by Gasteiger charge is -2.25. The third-order valence-corrected chi connectivity index (χ3v) is 11.8. The molecule has 0 spiro atoms. The second-order valence-corrected chi connectivity index (χ2v) is 19.6. The van der Waals surface area contributed by atoms with Gasteiger partial charge in [-0.3, -0.25) is 13.8 Å². The van der Waals surface area contributed by atoms with Gasteiger partial charge in [0.25, 0.3) is 0 Å². The van der Waals surface area contributed by atoms with Gasteiger partial charge in [-0.1, -0.05) is 214 Å². The normalized spacial score (nSPS) is 14.9. The number of aliphatic hydroxyl groups is 1. The standard InChI is InChI=1S/C55H97N2O6P/c1-6-8-10-12-14-16-18-20-22-24-26-27-28-29-31-33-35-37-39-41-43-45-47-49-55(59)56-53(52-63-64(60,61)62-51-50-57(3,4)5)54(58)48-46-44-42-40-38-36-34-32-30-25-23-21-19-17-15-13-11-9-7-2/h8,10,14,16,20,22,26-27,29,31,35,37,41,43,46,48,53-54,58H,6-7,9,11-13,15,17-19,21,23-25,28,30,32-34,36,38-40,42,44-45,47,49-52H2,1-5H3,(H-,56,59,60,61)/p+1/b10-8-,16-14-,22-20-,27-26-,31-29-,37-35-,43-41-,48-46+. The molecular formula is C55H98N2O6P+. The van der Waals surface area contributed by atoms with Gasteiger partial charge in [0, 0.05) is 6.42 Å². The molecule has 3 unspecified atom stereocenters. The highest BCUT2D eigenvalue weighted by Crippen LogP contribution is 2.43. The van der Waals surface area contributed by atoms with Gasteiger partial charge in [-0.15, -0.1) is 0 Å². The first-order chi connectivity index (χ1) is 31.0. The molecule has 0 aromatic carbocycles. The highest BCUT2D eigenvalue weighted by atomic mass is 31.2. The third-order valence-electron chi connectivity index (χ3n) is 10.8. The van der Waals surface area contributed by atoms with E-state index >= 15 is 0 Å². The van der Waals surface area contributed by atoms with Crippen molar-refractivity contribution in [1.82, 2.24) is 5.32 Å². The van der Waals surface area contributed by atoms with E-state index in [1.165, 1.54) is 96.3 Å². The largest absolute Gasteiger partial charge is 0.472 e.